The van der Waals surface area contributed by atoms with E-state index in [1.807, 2.05) is 31.2 Å². The Balaban J connectivity index is 1.34. The van der Waals surface area contributed by atoms with Crippen LogP contribution in [0.1, 0.15) is 70.1 Å². The number of rotatable bonds is 5. The van der Waals surface area contributed by atoms with Crippen molar-refractivity contribution in [1.82, 2.24) is 20.4 Å². The third-order valence-electron chi connectivity index (χ3n) is 6.14. The Hall–Kier alpha value is -2.81. The third-order valence-corrected chi connectivity index (χ3v) is 7.05. The Kier molecular flexibility index (Phi) is 7.14. The van der Waals surface area contributed by atoms with Gasteiger partial charge in [0.05, 0.1) is 5.92 Å². The highest BCUT2D eigenvalue weighted by Gasteiger charge is 2.32. The normalized spacial score (nSPS) is 19.4. The molecule has 1 aliphatic carbocycles. The molecule has 2 fully saturated rings. The maximum absolute atomic E-state index is 13.0. The molecule has 0 spiro atoms. The minimum absolute atomic E-state index is 0.0461. The number of anilines is 1. The van der Waals surface area contributed by atoms with E-state index in [-0.39, 0.29) is 33.8 Å². The molecule has 2 aromatic rings. The van der Waals surface area contributed by atoms with E-state index in [0.717, 1.165) is 55.4 Å². The van der Waals surface area contributed by atoms with Crippen LogP contribution in [0.25, 0.3) is 0 Å². The van der Waals surface area contributed by atoms with Crippen LogP contribution in [0.3, 0.4) is 0 Å². The summed E-state index contributed by atoms with van der Waals surface area (Å²) in [4.78, 5) is 39.8. The number of amides is 3. The molecule has 2 heterocycles. The number of carbonyl (C=O) groups excluding carboxylic acids is 3. The summed E-state index contributed by atoms with van der Waals surface area (Å²) in [6.07, 6.45) is 7.20. The highest BCUT2D eigenvalue weighted by atomic mass is 32.1. The molecule has 1 unspecified atom stereocenters. The Morgan fingerprint density at radius 2 is 1.69 bits per heavy atom. The van der Waals surface area contributed by atoms with Gasteiger partial charge < -0.3 is 15.5 Å². The first-order valence-corrected chi connectivity index (χ1v) is 12.1. The Morgan fingerprint density at radius 1 is 0.969 bits per heavy atom. The molecule has 2 aliphatic rings. The van der Waals surface area contributed by atoms with E-state index >= 15 is 0 Å². The molecule has 4 rings (SSSR count). The number of hydrogen-bond donors (Lipinski definition) is 2. The van der Waals surface area contributed by atoms with Crippen LogP contribution in [-0.4, -0.2) is 52.0 Å². The van der Waals surface area contributed by atoms with Crippen molar-refractivity contribution < 1.29 is 14.4 Å². The van der Waals surface area contributed by atoms with Gasteiger partial charge in [-0.3, -0.25) is 14.4 Å². The van der Waals surface area contributed by atoms with Crippen LogP contribution in [-0.2, 0) is 4.79 Å². The second kappa shape index (κ2) is 10.2. The molecule has 0 bridgehead atoms. The van der Waals surface area contributed by atoms with Crippen LogP contribution in [0.2, 0.25) is 0 Å². The van der Waals surface area contributed by atoms with Crippen molar-refractivity contribution in [3.8, 4) is 0 Å². The lowest BCUT2D eigenvalue weighted by atomic mass is 9.93. The van der Waals surface area contributed by atoms with Crippen LogP contribution < -0.4 is 10.6 Å². The molecule has 1 aliphatic heterocycles. The first-order chi connectivity index (χ1) is 15.5. The number of benzene rings is 1. The van der Waals surface area contributed by atoms with E-state index in [0.29, 0.717) is 18.8 Å². The van der Waals surface area contributed by atoms with Gasteiger partial charge in [-0.2, -0.15) is 0 Å². The molecule has 32 heavy (non-hydrogen) atoms. The van der Waals surface area contributed by atoms with Crippen molar-refractivity contribution in [2.24, 2.45) is 5.92 Å². The van der Waals surface area contributed by atoms with Gasteiger partial charge in [0.25, 0.3) is 11.8 Å². The number of likely N-dealkylation sites (tertiary alicyclic amines) is 1. The topological polar surface area (TPSA) is 104 Å². The fourth-order valence-electron chi connectivity index (χ4n) is 4.30. The third kappa shape index (κ3) is 5.51. The van der Waals surface area contributed by atoms with Crippen LogP contribution in [0.15, 0.2) is 24.3 Å². The molecule has 170 valence electrons. The van der Waals surface area contributed by atoms with Gasteiger partial charge in [-0.25, -0.2) is 0 Å². The lowest BCUT2D eigenvalue weighted by Gasteiger charge is -2.33. The van der Waals surface area contributed by atoms with Crippen LogP contribution >= 0.6 is 11.3 Å². The Morgan fingerprint density at radius 3 is 2.44 bits per heavy atom. The number of aryl methyl sites for hydroxylation is 1. The van der Waals surface area contributed by atoms with Gasteiger partial charge in [-0.1, -0.05) is 48.3 Å². The number of carbonyl (C=O) groups is 3. The summed E-state index contributed by atoms with van der Waals surface area (Å²) in [5, 5.41) is 14.1. The summed E-state index contributed by atoms with van der Waals surface area (Å²) in [6.45, 7) is 2.93. The fourth-order valence-corrected chi connectivity index (χ4v) is 5.01. The van der Waals surface area contributed by atoms with Crippen molar-refractivity contribution in [3.05, 3.63) is 39.8 Å². The van der Waals surface area contributed by atoms with Gasteiger partial charge in [0, 0.05) is 24.8 Å². The fraction of sp³-hybridized carbons (Fsp3) is 0.522. The standard InChI is InChI=1S/C23H29N5O3S/c1-15-9-11-18(12-10-15)25-20(30)21-26-27-22(32-21)23(31)28-13-5-6-16(14-28)19(29)24-17-7-3-2-4-8-17/h9-12,16-17H,2-8,13-14H2,1H3,(H,24,29)(H,25,30). The SMILES string of the molecule is Cc1ccc(NC(=O)c2nnc(C(=O)N3CCCC(C(=O)NC4CCCCC4)C3)s2)cc1. The van der Waals surface area contributed by atoms with Gasteiger partial charge in [0.15, 0.2) is 0 Å². The molecule has 0 radical (unpaired) electrons. The van der Waals surface area contributed by atoms with Crippen molar-refractivity contribution in [2.75, 3.05) is 18.4 Å². The summed E-state index contributed by atoms with van der Waals surface area (Å²) >= 11 is 0.977. The first kappa shape index (κ1) is 22.4. The monoisotopic (exact) mass is 455 g/mol. The van der Waals surface area contributed by atoms with Crippen molar-refractivity contribution in [3.63, 3.8) is 0 Å². The maximum atomic E-state index is 13.0. The van der Waals surface area contributed by atoms with E-state index in [1.54, 1.807) is 4.90 Å². The second-order valence-corrected chi connectivity index (χ2v) is 9.64. The summed E-state index contributed by atoms with van der Waals surface area (Å²) < 4.78 is 0. The number of nitrogens with one attached hydrogen (secondary N) is 2. The van der Waals surface area contributed by atoms with E-state index in [2.05, 4.69) is 20.8 Å². The predicted octanol–water partition coefficient (Wildman–Crippen LogP) is 3.40. The van der Waals surface area contributed by atoms with Gasteiger partial charge >= 0.3 is 0 Å². The van der Waals surface area contributed by atoms with Crippen LogP contribution in [0, 0.1) is 12.8 Å². The maximum Gasteiger partial charge on any atom is 0.286 e. The average Bonchev–Trinajstić information content (AvgIpc) is 3.31. The molecule has 1 saturated carbocycles. The van der Waals surface area contributed by atoms with Crippen LogP contribution in [0.5, 0.6) is 0 Å². The molecular formula is C23H29N5O3S. The quantitative estimate of drug-likeness (QED) is 0.719. The highest BCUT2D eigenvalue weighted by Crippen LogP contribution is 2.23. The molecule has 8 nitrogen and oxygen atoms in total. The molecular weight excluding hydrogens is 426 g/mol. The Bertz CT molecular complexity index is 968. The van der Waals surface area contributed by atoms with E-state index in [1.165, 1.54) is 6.42 Å². The minimum Gasteiger partial charge on any atom is -0.353 e. The number of piperidine rings is 1. The summed E-state index contributed by atoms with van der Waals surface area (Å²) in [5.41, 5.74) is 1.76. The van der Waals surface area contributed by atoms with Gasteiger partial charge in [-0.15, -0.1) is 10.2 Å². The van der Waals surface area contributed by atoms with Gasteiger partial charge in [0.2, 0.25) is 15.9 Å². The molecule has 1 aromatic carbocycles. The molecule has 1 atom stereocenters. The zero-order valence-corrected chi connectivity index (χ0v) is 19.1. The van der Waals surface area contributed by atoms with E-state index in [4.69, 9.17) is 0 Å². The van der Waals surface area contributed by atoms with Crippen molar-refractivity contribution >= 4 is 34.7 Å². The zero-order chi connectivity index (χ0) is 22.5. The lowest BCUT2D eigenvalue weighted by Crippen LogP contribution is -2.47. The summed E-state index contributed by atoms with van der Waals surface area (Å²) in [6, 6.07) is 7.70. The lowest BCUT2D eigenvalue weighted by molar-refractivity contribution is -0.127. The van der Waals surface area contributed by atoms with Crippen LogP contribution in [0.4, 0.5) is 5.69 Å². The smallest absolute Gasteiger partial charge is 0.286 e. The summed E-state index contributed by atoms with van der Waals surface area (Å²) in [5.74, 6) is -0.822. The largest absolute Gasteiger partial charge is 0.353 e. The number of aromatic nitrogens is 2. The zero-order valence-electron chi connectivity index (χ0n) is 18.3. The van der Waals surface area contributed by atoms with Crippen molar-refractivity contribution in [2.45, 2.75) is 57.9 Å². The predicted molar refractivity (Wildman–Crippen MR) is 123 cm³/mol. The second-order valence-electron chi connectivity index (χ2n) is 8.67. The molecule has 3 amide bonds. The van der Waals surface area contributed by atoms with Gasteiger partial charge in [-0.05, 0) is 44.7 Å². The number of nitrogens with zero attached hydrogens (tertiary/aromatic N) is 3. The number of hydrogen-bond acceptors (Lipinski definition) is 6. The van der Waals surface area contributed by atoms with E-state index in [9.17, 15) is 14.4 Å². The molecule has 2 N–H and O–H groups in total. The first-order valence-electron chi connectivity index (χ1n) is 11.3. The van der Waals surface area contributed by atoms with E-state index < -0.39 is 5.91 Å². The minimum atomic E-state index is -0.395. The average molecular weight is 456 g/mol. The Labute approximate surface area is 191 Å². The van der Waals surface area contributed by atoms with Crippen molar-refractivity contribution in [1.29, 1.82) is 0 Å². The highest BCUT2D eigenvalue weighted by molar-refractivity contribution is 7.15. The molecule has 1 aromatic heterocycles. The molecule has 1 saturated heterocycles. The summed E-state index contributed by atoms with van der Waals surface area (Å²) in [7, 11) is 0. The van der Waals surface area contributed by atoms with Gasteiger partial charge in [0.1, 0.15) is 0 Å². The molecule has 9 heteroatoms.